The molecular weight excluding hydrogens is 813 g/mol. The molecule has 11 heteroatoms. The van der Waals surface area contributed by atoms with Crippen LogP contribution in [-0.4, -0.2) is 62.7 Å². The summed E-state index contributed by atoms with van der Waals surface area (Å²) in [5.74, 6) is 1.48. The molecule has 10 rings (SSSR count). The van der Waals surface area contributed by atoms with Gasteiger partial charge in [0.2, 0.25) is 0 Å². The third-order valence-electron chi connectivity index (χ3n) is 12.5. The van der Waals surface area contributed by atoms with Crippen LogP contribution in [0.4, 0.5) is 11.4 Å². The van der Waals surface area contributed by atoms with Crippen molar-refractivity contribution in [1.29, 1.82) is 0 Å². The van der Waals surface area contributed by atoms with Crippen LogP contribution in [0.1, 0.15) is 78.8 Å². The molecule has 0 radical (unpaired) electrons. The van der Waals surface area contributed by atoms with Crippen molar-refractivity contribution in [2.45, 2.75) is 62.9 Å². The van der Waals surface area contributed by atoms with E-state index in [2.05, 4.69) is 80.0 Å². The number of nitrogens with zero attached hydrogens (tertiary/aromatic N) is 1. The van der Waals surface area contributed by atoms with Crippen molar-refractivity contribution >= 4 is 29.1 Å². The van der Waals surface area contributed by atoms with E-state index in [1.807, 2.05) is 103 Å². The largest absolute Gasteiger partial charge is 0.482 e. The zero-order valence-electron chi connectivity index (χ0n) is 36.5. The first-order chi connectivity index (χ1) is 31.9. The number of ether oxygens (including phenoxy) is 2. The van der Waals surface area contributed by atoms with Crippen LogP contribution in [0.25, 0.3) is 0 Å². The first-order valence-corrected chi connectivity index (χ1v) is 22.7. The number of anilines is 2. The third-order valence-corrected chi connectivity index (χ3v) is 12.5. The van der Waals surface area contributed by atoms with Crippen molar-refractivity contribution in [2.75, 3.05) is 43.1 Å². The maximum Gasteiger partial charge on any atom is 0.262 e. The van der Waals surface area contributed by atoms with Crippen LogP contribution >= 0.6 is 0 Å². The summed E-state index contributed by atoms with van der Waals surface area (Å²) in [5, 5.41) is 16.1. The average molecular weight is 869 g/mol. The standard InChI is InChI=1S/C28H31N3O2.C26H25N3O3/c32-28(30-20-21-4-2-1-3-5-21)24-10-8-23(9-11-24)26-18-27(26)29-19-22-6-12-25(13-7-22)31-14-16-33-17-15-31;30-25-16-32-24-11-6-18(12-23(24)29-25)15-27-22-13-21(22)19-7-9-20(10-8-19)26(31)28-14-17-4-2-1-3-5-17/h1-13,26-27,29H,14-20H2,(H,30,32);1-12,21-22,27H,13-16H2,(H,28,31)(H,29,30)/t26-,27+;21-,22+/m00/s1. The van der Waals surface area contributed by atoms with Crippen LogP contribution in [0.15, 0.2) is 152 Å². The molecule has 65 heavy (non-hydrogen) atoms. The number of amides is 3. The molecule has 3 fully saturated rings. The number of hydrogen-bond donors (Lipinski definition) is 5. The van der Waals surface area contributed by atoms with Crippen molar-refractivity contribution in [2.24, 2.45) is 0 Å². The zero-order valence-corrected chi connectivity index (χ0v) is 36.5. The quantitative estimate of drug-likeness (QED) is 0.0710. The minimum atomic E-state index is -0.123. The predicted octanol–water partition coefficient (Wildman–Crippen LogP) is 7.69. The Bertz CT molecular complexity index is 2530. The van der Waals surface area contributed by atoms with Crippen LogP contribution < -0.4 is 36.2 Å². The Morgan fingerprint density at radius 1 is 0.569 bits per heavy atom. The lowest BCUT2D eigenvalue weighted by molar-refractivity contribution is -0.118. The van der Waals surface area contributed by atoms with E-state index in [1.54, 1.807) is 0 Å². The minimum Gasteiger partial charge on any atom is -0.482 e. The van der Waals surface area contributed by atoms with E-state index in [0.29, 0.717) is 53.9 Å². The fourth-order valence-corrected chi connectivity index (χ4v) is 8.49. The molecule has 11 nitrogen and oxygen atoms in total. The highest BCUT2D eigenvalue weighted by Crippen LogP contribution is 2.42. The van der Waals surface area contributed by atoms with Crippen molar-refractivity contribution < 1.29 is 23.9 Å². The predicted molar refractivity (Wildman–Crippen MR) is 254 cm³/mol. The molecule has 6 aromatic carbocycles. The van der Waals surface area contributed by atoms with Gasteiger partial charge < -0.3 is 41.0 Å². The summed E-state index contributed by atoms with van der Waals surface area (Å²) in [7, 11) is 0. The van der Waals surface area contributed by atoms with Crippen LogP contribution in [0.2, 0.25) is 0 Å². The lowest BCUT2D eigenvalue weighted by Gasteiger charge is -2.28. The van der Waals surface area contributed by atoms with Gasteiger partial charge in [-0.3, -0.25) is 14.4 Å². The molecule has 6 aromatic rings. The highest BCUT2D eigenvalue weighted by Gasteiger charge is 2.38. The fraction of sp³-hybridized carbons (Fsp3) is 0.278. The summed E-state index contributed by atoms with van der Waals surface area (Å²) in [4.78, 5) is 38.7. The van der Waals surface area contributed by atoms with Gasteiger partial charge in [-0.2, -0.15) is 0 Å². The summed E-state index contributed by atoms with van der Waals surface area (Å²) >= 11 is 0. The lowest BCUT2D eigenvalue weighted by atomic mass is 10.1. The van der Waals surface area contributed by atoms with E-state index in [-0.39, 0.29) is 24.3 Å². The lowest BCUT2D eigenvalue weighted by Crippen LogP contribution is -2.36. The number of benzene rings is 6. The number of morpholine rings is 1. The van der Waals surface area contributed by atoms with E-state index < -0.39 is 0 Å². The van der Waals surface area contributed by atoms with Crippen LogP contribution in [-0.2, 0) is 35.7 Å². The molecule has 2 aliphatic carbocycles. The number of carbonyl (C=O) groups is 3. The van der Waals surface area contributed by atoms with Gasteiger partial charge in [-0.05, 0) is 94.8 Å². The summed E-state index contributed by atoms with van der Waals surface area (Å²) in [5.41, 5.74) is 10.5. The monoisotopic (exact) mass is 868 g/mol. The topological polar surface area (TPSA) is 133 Å². The molecule has 3 amide bonds. The van der Waals surface area contributed by atoms with Gasteiger partial charge in [0.25, 0.3) is 17.7 Å². The molecule has 0 unspecified atom stereocenters. The Morgan fingerprint density at radius 2 is 1.06 bits per heavy atom. The first-order valence-electron chi connectivity index (χ1n) is 22.7. The number of rotatable bonds is 15. The second kappa shape index (κ2) is 20.8. The number of carbonyl (C=O) groups excluding carboxylic acids is 3. The first kappa shape index (κ1) is 43.5. The SMILES string of the molecule is O=C(NCc1ccccc1)c1ccc([C@@H]2C[C@H]2NCc2ccc(N3CCOCC3)cc2)cc1.O=C1COc2ccc(CN[C@@H]3C[C@H]3c3ccc(C(=O)NCc4ccccc4)cc3)cc2N1. The Morgan fingerprint density at radius 3 is 1.60 bits per heavy atom. The third kappa shape index (κ3) is 11.9. The van der Waals surface area contributed by atoms with Gasteiger partial charge in [0.1, 0.15) is 5.75 Å². The van der Waals surface area contributed by atoms with Crippen molar-refractivity contribution in [1.82, 2.24) is 21.3 Å². The van der Waals surface area contributed by atoms with Crippen molar-refractivity contribution in [3.05, 3.63) is 196 Å². The molecule has 0 bridgehead atoms. The maximum atomic E-state index is 12.4. The van der Waals surface area contributed by atoms with E-state index in [0.717, 1.165) is 74.6 Å². The van der Waals surface area contributed by atoms with Gasteiger partial charge in [0, 0.05) is 80.0 Å². The van der Waals surface area contributed by atoms with E-state index in [9.17, 15) is 14.4 Å². The Balaban J connectivity index is 0.000000164. The molecular formula is C54H56N6O5. The molecule has 0 aromatic heterocycles. The molecule has 2 aliphatic heterocycles. The molecule has 5 N–H and O–H groups in total. The smallest absolute Gasteiger partial charge is 0.262 e. The summed E-state index contributed by atoms with van der Waals surface area (Å²) < 4.78 is 10.8. The van der Waals surface area contributed by atoms with Gasteiger partial charge in [-0.1, -0.05) is 103 Å². The second-order valence-electron chi connectivity index (χ2n) is 17.2. The summed E-state index contributed by atoms with van der Waals surface area (Å²) in [6, 6.07) is 51.5. The van der Waals surface area contributed by atoms with Crippen LogP contribution in [0.3, 0.4) is 0 Å². The minimum absolute atomic E-state index is 0.0311. The molecule has 0 spiro atoms. The van der Waals surface area contributed by atoms with Gasteiger partial charge in [0.15, 0.2) is 6.61 Å². The van der Waals surface area contributed by atoms with Gasteiger partial charge >= 0.3 is 0 Å². The zero-order chi connectivity index (χ0) is 44.4. The molecule has 4 atom stereocenters. The maximum absolute atomic E-state index is 12.4. The Kier molecular flexibility index (Phi) is 13.9. The van der Waals surface area contributed by atoms with Crippen molar-refractivity contribution in [3.8, 4) is 5.75 Å². The average Bonchev–Trinajstić information content (AvgIpc) is 4.31. The second-order valence-corrected chi connectivity index (χ2v) is 17.2. The normalized spacial score (nSPS) is 19.3. The molecule has 2 heterocycles. The summed E-state index contributed by atoms with van der Waals surface area (Å²) in [6.45, 7) is 6.30. The highest BCUT2D eigenvalue weighted by molar-refractivity contribution is 5.96. The van der Waals surface area contributed by atoms with Crippen LogP contribution in [0, 0.1) is 0 Å². The highest BCUT2D eigenvalue weighted by atomic mass is 16.5. The fourth-order valence-electron chi connectivity index (χ4n) is 8.49. The molecule has 1 saturated heterocycles. The number of fused-ring (bicyclic) bond motifs is 1. The number of hydrogen-bond acceptors (Lipinski definition) is 8. The molecule has 2 saturated carbocycles. The van der Waals surface area contributed by atoms with Gasteiger partial charge in [-0.15, -0.1) is 0 Å². The van der Waals surface area contributed by atoms with Crippen LogP contribution in [0.5, 0.6) is 5.75 Å². The van der Waals surface area contributed by atoms with E-state index in [1.165, 1.54) is 22.4 Å². The van der Waals surface area contributed by atoms with Gasteiger partial charge in [-0.25, -0.2) is 0 Å². The Hall–Kier alpha value is -6.79. The van der Waals surface area contributed by atoms with E-state index >= 15 is 0 Å². The molecule has 4 aliphatic rings. The Labute approximate surface area is 380 Å². The van der Waals surface area contributed by atoms with Gasteiger partial charge in [0.05, 0.1) is 18.9 Å². The summed E-state index contributed by atoms with van der Waals surface area (Å²) in [6.07, 6.45) is 2.22. The van der Waals surface area contributed by atoms with E-state index in [4.69, 9.17) is 9.47 Å². The number of nitrogens with one attached hydrogen (secondary N) is 5. The molecule has 332 valence electrons. The van der Waals surface area contributed by atoms with Crippen molar-refractivity contribution in [3.63, 3.8) is 0 Å².